The number of para-hydroxylation sites is 2. The highest BCUT2D eigenvalue weighted by molar-refractivity contribution is 5.93. The molecule has 0 aromatic heterocycles. The summed E-state index contributed by atoms with van der Waals surface area (Å²) >= 11 is 0. The lowest BCUT2D eigenvalue weighted by Crippen LogP contribution is -2.54. The number of fused-ring (bicyclic) bond motifs is 1. The molecule has 7 nitrogen and oxygen atoms in total. The summed E-state index contributed by atoms with van der Waals surface area (Å²) in [6.45, 7) is 6.98. The molecular weight excluding hydrogens is 382 g/mol. The molecule has 0 unspecified atom stereocenters. The average Bonchev–Trinajstić information content (AvgIpc) is 2.75. The van der Waals surface area contributed by atoms with E-state index in [1.165, 1.54) is 5.56 Å². The summed E-state index contributed by atoms with van der Waals surface area (Å²) in [6.07, 6.45) is -0.626. The van der Waals surface area contributed by atoms with Crippen molar-refractivity contribution >= 4 is 17.5 Å². The quantitative estimate of drug-likeness (QED) is 0.839. The maximum atomic E-state index is 12.8. The molecule has 7 heteroatoms. The molecule has 2 heterocycles. The number of benzene rings is 2. The minimum absolute atomic E-state index is 0.0395. The normalized spacial score (nSPS) is 18.7. The number of amides is 2. The van der Waals surface area contributed by atoms with E-state index in [1.54, 1.807) is 11.0 Å². The van der Waals surface area contributed by atoms with Crippen molar-refractivity contribution in [1.29, 1.82) is 0 Å². The topological polar surface area (TPSA) is 71.1 Å². The van der Waals surface area contributed by atoms with Crippen molar-refractivity contribution in [2.24, 2.45) is 0 Å². The van der Waals surface area contributed by atoms with E-state index in [0.29, 0.717) is 44.2 Å². The summed E-state index contributed by atoms with van der Waals surface area (Å²) in [4.78, 5) is 29.1. The molecule has 0 saturated carbocycles. The molecule has 0 radical (unpaired) electrons. The lowest BCUT2D eigenvalue weighted by molar-refractivity contribution is -0.143. The van der Waals surface area contributed by atoms with Gasteiger partial charge >= 0.3 is 0 Å². The third-order valence-electron chi connectivity index (χ3n) is 5.49. The highest BCUT2D eigenvalue weighted by Crippen LogP contribution is 2.31. The Balaban J connectivity index is 1.25. The number of anilines is 1. The lowest BCUT2D eigenvalue weighted by atomic mass is 10.1. The van der Waals surface area contributed by atoms with E-state index in [4.69, 9.17) is 9.47 Å². The van der Waals surface area contributed by atoms with E-state index in [1.807, 2.05) is 44.2 Å². The molecule has 2 aliphatic heterocycles. The fourth-order valence-electron chi connectivity index (χ4n) is 3.82. The Bertz CT molecular complexity index is 938. The van der Waals surface area contributed by atoms with E-state index in [0.717, 1.165) is 11.3 Å². The van der Waals surface area contributed by atoms with Crippen LogP contribution in [0.5, 0.6) is 11.5 Å². The first-order chi connectivity index (χ1) is 14.5. The first-order valence-electron chi connectivity index (χ1n) is 10.3. The first-order valence-corrected chi connectivity index (χ1v) is 10.3. The number of nitrogens with zero attached hydrogens (tertiary/aromatic N) is 2. The van der Waals surface area contributed by atoms with Crippen LogP contribution in [0.3, 0.4) is 0 Å². The molecule has 0 bridgehead atoms. The Morgan fingerprint density at radius 2 is 1.77 bits per heavy atom. The van der Waals surface area contributed by atoms with Crippen LogP contribution in [0.15, 0.2) is 42.5 Å². The zero-order chi connectivity index (χ0) is 21.1. The van der Waals surface area contributed by atoms with Gasteiger partial charge in [-0.05, 0) is 37.6 Å². The van der Waals surface area contributed by atoms with Crippen molar-refractivity contribution < 1.29 is 19.1 Å². The summed E-state index contributed by atoms with van der Waals surface area (Å²) in [6, 6.07) is 13.3. The monoisotopic (exact) mass is 409 g/mol. The lowest BCUT2D eigenvalue weighted by Gasteiger charge is -2.36. The predicted octanol–water partition coefficient (Wildman–Crippen LogP) is 2.23. The molecule has 1 atom stereocenters. The molecule has 0 spiro atoms. The van der Waals surface area contributed by atoms with Gasteiger partial charge in [-0.1, -0.05) is 29.8 Å². The van der Waals surface area contributed by atoms with Crippen LogP contribution >= 0.6 is 0 Å². The molecule has 0 aliphatic carbocycles. The van der Waals surface area contributed by atoms with Gasteiger partial charge in [0.1, 0.15) is 6.61 Å². The second-order valence-electron chi connectivity index (χ2n) is 7.83. The number of rotatable bonds is 4. The second-order valence-corrected chi connectivity index (χ2v) is 7.83. The van der Waals surface area contributed by atoms with Crippen LogP contribution in [0.2, 0.25) is 0 Å². The van der Waals surface area contributed by atoms with Gasteiger partial charge in [0.15, 0.2) is 11.5 Å². The molecule has 1 saturated heterocycles. The Hall–Kier alpha value is -3.06. The minimum Gasteiger partial charge on any atom is -0.485 e. The first kappa shape index (κ1) is 20.2. The molecule has 30 heavy (non-hydrogen) atoms. The van der Waals surface area contributed by atoms with Crippen molar-refractivity contribution in [2.75, 3.05) is 44.6 Å². The molecule has 2 aliphatic rings. The van der Waals surface area contributed by atoms with E-state index >= 15 is 0 Å². The van der Waals surface area contributed by atoms with E-state index in [9.17, 15) is 9.59 Å². The maximum absolute atomic E-state index is 12.8. The van der Waals surface area contributed by atoms with Gasteiger partial charge < -0.3 is 19.7 Å². The molecule has 1 fully saturated rings. The number of nitrogens with one attached hydrogen (secondary N) is 1. The second kappa shape index (κ2) is 8.75. The van der Waals surface area contributed by atoms with Crippen LogP contribution in [0, 0.1) is 13.8 Å². The van der Waals surface area contributed by atoms with Crippen LogP contribution in [0.4, 0.5) is 5.69 Å². The summed E-state index contributed by atoms with van der Waals surface area (Å²) < 4.78 is 11.5. The van der Waals surface area contributed by atoms with Crippen LogP contribution in [-0.4, -0.2) is 67.0 Å². The highest BCUT2D eigenvalue weighted by atomic mass is 16.6. The van der Waals surface area contributed by atoms with Gasteiger partial charge in [0.05, 0.1) is 6.54 Å². The summed E-state index contributed by atoms with van der Waals surface area (Å²) in [5.41, 5.74) is 3.06. The van der Waals surface area contributed by atoms with Crippen molar-refractivity contribution in [3.63, 3.8) is 0 Å². The van der Waals surface area contributed by atoms with Gasteiger partial charge in [-0.15, -0.1) is 0 Å². The summed E-state index contributed by atoms with van der Waals surface area (Å²) in [5.74, 6) is 1.16. The van der Waals surface area contributed by atoms with Crippen LogP contribution in [0.25, 0.3) is 0 Å². The number of hydrogen-bond acceptors (Lipinski definition) is 5. The van der Waals surface area contributed by atoms with Gasteiger partial charge in [0.2, 0.25) is 12.0 Å². The fraction of sp³-hybridized carbons (Fsp3) is 0.391. The summed E-state index contributed by atoms with van der Waals surface area (Å²) in [7, 11) is 0. The van der Waals surface area contributed by atoms with Gasteiger partial charge in [-0.3, -0.25) is 14.5 Å². The third-order valence-corrected chi connectivity index (χ3v) is 5.49. The van der Waals surface area contributed by atoms with Crippen LogP contribution in [-0.2, 0) is 9.59 Å². The molecule has 4 rings (SSSR count). The van der Waals surface area contributed by atoms with Gasteiger partial charge in [0, 0.05) is 31.9 Å². The van der Waals surface area contributed by atoms with Gasteiger partial charge in [-0.25, -0.2) is 0 Å². The SMILES string of the molecule is Cc1ccc(NC(=O)CN2CCN(C(=O)[C@H]3COc4ccccc4O3)CC2)c(C)c1. The standard InChI is InChI=1S/C23H27N3O4/c1-16-7-8-18(17(2)13-16)24-22(27)14-25-9-11-26(12-10-25)23(28)21-15-29-19-5-3-4-6-20(19)30-21/h3-8,13,21H,9-12,14-15H2,1-2H3,(H,24,27)/t21-/m1/s1. The van der Waals surface area contributed by atoms with Gasteiger partial charge in [-0.2, -0.15) is 0 Å². The zero-order valence-corrected chi connectivity index (χ0v) is 17.4. The smallest absolute Gasteiger partial charge is 0.267 e. The number of ether oxygens (including phenoxy) is 2. The molecule has 158 valence electrons. The number of piperazine rings is 1. The zero-order valence-electron chi connectivity index (χ0n) is 17.4. The molecule has 2 amide bonds. The van der Waals surface area contributed by atoms with E-state index in [2.05, 4.69) is 16.3 Å². The highest BCUT2D eigenvalue weighted by Gasteiger charge is 2.32. The number of carbonyl (C=O) groups excluding carboxylic acids is 2. The molecule has 2 aromatic rings. The number of carbonyl (C=O) groups is 2. The molecule has 2 aromatic carbocycles. The fourth-order valence-corrected chi connectivity index (χ4v) is 3.82. The molecule has 1 N–H and O–H groups in total. The van der Waals surface area contributed by atoms with Crippen molar-refractivity contribution in [1.82, 2.24) is 9.80 Å². The maximum Gasteiger partial charge on any atom is 0.267 e. The van der Waals surface area contributed by atoms with Crippen molar-refractivity contribution in [2.45, 2.75) is 20.0 Å². The van der Waals surface area contributed by atoms with Crippen LogP contribution < -0.4 is 14.8 Å². The Morgan fingerprint density at radius 1 is 1.03 bits per heavy atom. The Kier molecular flexibility index (Phi) is 5.90. The summed E-state index contributed by atoms with van der Waals surface area (Å²) in [5, 5.41) is 2.98. The van der Waals surface area contributed by atoms with E-state index in [-0.39, 0.29) is 18.4 Å². The van der Waals surface area contributed by atoms with Gasteiger partial charge in [0.25, 0.3) is 5.91 Å². The Morgan fingerprint density at radius 3 is 2.50 bits per heavy atom. The predicted molar refractivity (Wildman–Crippen MR) is 114 cm³/mol. The third kappa shape index (κ3) is 4.57. The number of aryl methyl sites for hydroxylation is 2. The average molecular weight is 409 g/mol. The number of hydrogen-bond donors (Lipinski definition) is 1. The largest absolute Gasteiger partial charge is 0.485 e. The van der Waals surface area contributed by atoms with E-state index < -0.39 is 6.10 Å². The Labute approximate surface area is 176 Å². The minimum atomic E-state index is -0.626. The molecular formula is C23H27N3O4. The van der Waals surface area contributed by atoms with Crippen molar-refractivity contribution in [3.8, 4) is 11.5 Å². The van der Waals surface area contributed by atoms with Crippen LogP contribution in [0.1, 0.15) is 11.1 Å². The van der Waals surface area contributed by atoms with Crippen molar-refractivity contribution in [3.05, 3.63) is 53.6 Å².